The maximum absolute atomic E-state index is 13.1. The Morgan fingerprint density at radius 3 is 2.47 bits per heavy atom. The zero-order valence-electron chi connectivity index (χ0n) is 18.0. The lowest BCUT2D eigenvalue weighted by Crippen LogP contribution is -2.68. The monoisotopic (exact) mass is 452 g/mol. The summed E-state index contributed by atoms with van der Waals surface area (Å²) in [6.45, 7) is 0. The molecule has 3 unspecified atom stereocenters. The molecule has 1 heterocycles. The molecule has 0 radical (unpaired) electrons. The summed E-state index contributed by atoms with van der Waals surface area (Å²) in [6.07, 6.45) is 4.02. The van der Waals surface area contributed by atoms with Gasteiger partial charge in [-0.05, 0) is 61.5 Å². The number of rotatable bonds is 5. The summed E-state index contributed by atoms with van der Waals surface area (Å²) in [5, 5.41) is 9.75. The van der Waals surface area contributed by atoms with Crippen LogP contribution >= 0.6 is 12.2 Å². The molecule has 0 spiro atoms. The van der Waals surface area contributed by atoms with Gasteiger partial charge in [0.1, 0.15) is 11.8 Å². The molecule has 1 saturated carbocycles. The third-order valence-electron chi connectivity index (χ3n) is 6.06. The Bertz CT molecular complexity index is 967. The van der Waals surface area contributed by atoms with Crippen LogP contribution in [0.25, 0.3) is 0 Å². The summed E-state index contributed by atoms with van der Waals surface area (Å²) in [4.78, 5) is 27.9. The molecule has 8 heteroatoms. The van der Waals surface area contributed by atoms with Crippen molar-refractivity contribution in [2.75, 3.05) is 17.7 Å². The van der Waals surface area contributed by atoms with E-state index < -0.39 is 6.04 Å². The van der Waals surface area contributed by atoms with Gasteiger partial charge in [-0.2, -0.15) is 0 Å². The topological polar surface area (TPSA) is 82.7 Å². The first kappa shape index (κ1) is 22.1. The molecule has 7 nitrogen and oxygen atoms in total. The number of methoxy groups -OCH3 is 1. The van der Waals surface area contributed by atoms with E-state index in [1.807, 2.05) is 35.2 Å². The Morgan fingerprint density at radius 2 is 1.75 bits per heavy atom. The second kappa shape index (κ2) is 9.99. The minimum absolute atomic E-state index is 0.0116. The zero-order valence-corrected chi connectivity index (χ0v) is 18.9. The van der Waals surface area contributed by atoms with Crippen LogP contribution in [0.1, 0.15) is 32.1 Å². The molecule has 4 rings (SSSR count). The number of hydrogen-bond donors (Lipinski definition) is 3. The van der Waals surface area contributed by atoms with Crippen LogP contribution in [0.4, 0.5) is 11.4 Å². The lowest BCUT2D eigenvalue weighted by atomic mass is 9.85. The molecule has 1 saturated heterocycles. The zero-order chi connectivity index (χ0) is 22.5. The van der Waals surface area contributed by atoms with Gasteiger partial charge in [-0.3, -0.25) is 9.59 Å². The van der Waals surface area contributed by atoms with Crippen molar-refractivity contribution in [3.63, 3.8) is 0 Å². The fourth-order valence-electron chi connectivity index (χ4n) is 4.50. The third-order valence-corrected chi connectivity index (χ3v) is 6.38. The van der Waals surface area contributed by atoms with Gasteiger partial charge in [-0.25, -0.2) is 0 Å². The van der Waals surface area contributed by atoms with Gasteiger partial charge in [0, 0.05) is 17.4 Å². The number of anilines is 2. The summed E-state index contributed by atoms with van der Waals surface area (Å²) in [7, 11) is 1.59. The minimum atomic E-state index is -0.670. The van der Waals surface area contributed by atoms with Crippen LogP contribution in [0.2, 0.25) is 0 Å². The Morgan fingerprint density at radius 1 is 1.06 bits per heavy atom. The van der Waals surface area contributed by atoms with Gasteiger partial charge in [0.05, 0.1) is 19.6 Å². The molecule has 3 N–H and O–H groups in total. The predicted octanol–water partition coefficient (Wildman–Crippen LogP) is 3.53. The first-order valence-corrected chi connectivity index (χ1v) is 11.3. The average Bonchev–Trinajstić information content (AvgIpc) is 2.80. The summed E-state index contributed by atoms with van der Waals surface area (Å²) < 4.78 is 5.16. The molecule has 0 aromatic heterocycles. The second-order valence-corrected chi connectivity index (χ2v) is 8.55. The summed E-state index contributed by atoms with van der Waals surface area (Å²) in [5.41, 5.74) is 1.51. The number of benzene rings is 2. The second-order valence-electron chi connectivity index (χ2n) is 8.17. The molecule has 168 valence electrons. The van der Waals surface area contributed by atoms with E-state index in [1.165, 1.54) is 0 Å². The van der Waals surface area contributed by atoms with Gasteiger partial charge in [0.15, 0.2) is 5.11 Å². The maximum Gasteiger partial charge on any atom is 0.243 e. The number of para-hydroxylation sites is 1. The van der Waals surface area contributed by atoms with E-state index in [-0.39, 0.29) is 30.3 Å². The van der Waals surface area contributed by atoms with Crippen LogP contribution in [0.3, 0.4) is 0 Å². The van der Waals surface area contributed by atoms with E-state index >= 15 is 0 Å². The van der Waals surface area contributed by atoms with E-state index in [1.54, 1.807) is 31.4 Å². The maximum atomic E-state index is 13.1. The molecular formula is C24H28N4O3S. The molecule has 2 aliphatic rings. The number of fused-ring (bicyclic) bond motifs is 1. The smallest absolute Gasteiger partial charge is 0.243 e. The predicted molar refractivity (Wildman–Crippen MR) is 129 cm³/mol. The van der Waals surface area contributed by atoms with E-state index in [9.17, 15) is 9.59 Å². The summed E-state index contributed by atoms with van der Waals surface area (Å²) >= 11 is 5.75. The third kappa shape index (κ3) is 5.02. The van der Waals surface area contributed by atoms with Crippen LogP contribution in [0.5, 0.6) is 5.75 Å². The Labute approximate surface area is 193 Å². The van der Waals surface area contributed by atoms with Crippen molar-refractivity contribution in [3.05, 3.63) is 54.6 Å². The van der Waals surface area contributed by atoms with Crippen molar-refractivity contribution in [2.45, 2.75) is 50.2 Å². The number of nitrogens with one attached hydrogen (secondary N) is 3. The first-order valence-electron chi connectivity index (χ1n) is 10.9. The number of thiocarbonyl (C=S) groups is 1. The SMILES string of the molecule is COc1ccc(NC(=O)CC2C(=O)NC3CCCCC3N2C(=S)Nc2ccccc2)cc1. The largest absolute Gasteiger partial charge is 0.497 e. The van der Waals surface area contributed by atoms with Gasteiger partial charge in [0.2, 0.25) is 11.8 Å². The van der Waals surface area contributed by atoms with Gasteiger partial charge in [-0.15, -0.1) is 0 Å². The van der Waals surface area contributed by atoms with Crippen molar-refractivity contribution in [1.82, 2.24) is 10.2 Å². The molecule has 2 amide bonds. The number of ether oxygens (including phenoxy) is 1. The van der Waals surface area contributed by atoms with Crippen LogP contribution in [-0.4, -0.2) is 47.1 Å². The molecule has 2 aromatic carbocycles. The number of carbonyl (C=O) groups excluding carboxylic acids is 2. The number of piperazine rings is 1. The highest BCUT2D eigenvalue weighted by atomic mass is 32.1. The van der Waals surface area contributed by atoms with Crippen LogP contribution < -0.4 is 20.7 Å². The fraction of sp³-hybridized carbons (Fsp3) is 0.375. The lowest BCUT2D eigenvalue weighted by molar-refractivity contribution is -0.134. The Kier molecular flexibility index (Phi) is 6.90. The normalized spacial score (nSPS) is 22.3. The van der Waals surface area contributed by atoms with Gasteiger partial charge >= 0.3 is 0 Å². The van der Waals surface area contributed by atoms with Crippen LogP contribution in [-0.2, 0) is 9.59 Å². The van der Waals surface area contributed by atoms with E-state index in [0.29, 0.717) is 16.5 Å². The van der Waals surface area contributed by atoms with E-state index in [2.05, 4.69) is 16.0 Å². The van der Waals surface area contributed by atoms with Crippen molar-refractivity contribution in [3.8, 4) is 5.75 Å². The Balaban J connectivity index is 1.52. The standard InChI is InChI=1S/C24H28N4O3S/c1-31-18-13-11-17(12-14-18)25-22(29)15-21-23(30)27-19-9-5-6-10-20(19)28(21)24(32)26-16-7-3-2-4-8-16/h2-4,7-8,11-14,19-21H,5-6,9-10,15H2,1H3,(H,25,29)(H,26,32)(H,27,30). The molecule has 0 bridgehead atoms. The molecule has 2 aromatic rings. The van der Waals surface area contributed by atoms with Crippen molar-refractivity contribution < 1.29 is 14.3 Å². The van der Waals surface area contributed by atoms with Gasteiger partial charge < -0.3 is 25.6 Å². The minimum Gasteiger partial charge on any atom is -0.497 e. The molecule has 1 aliphatic carbocycles. The highest BCUT2D eigenvalue weighted by Gasteiger charge is 2.44. The quantitative estimate of drug-likeness (QED) is 0.602. The van der Waals surface area contributed by atoms with Crippen molar-refractivity contribution in [1.29, 1.82) is 0 Å². The van der Waals surface area contributed by atoms with Crippen LogP contribution in [0, 0.1) is 0 Å². The molecular weight excluding hydrogens is 424 g/mol. The highest BCUT2D eigenvalue weighted by Crippen LogP contribution is 2.30. The number of hydrogen-bond acceptors (Lipinski definition) is 4. The number of carbonyl (C=O) groups is 2. The molecule has 2 fully saturated rings. The highest BCUT2D eigenvalue weighted by molar-refractivity contribution is 7.80. The van der Waals surface area contributed by atoms with E-state index in [0.717, 1.165) is 31.4 Å². The molecule has 1 aliphatic heterocycles. The van der Waals surface area contributed by atoms with Gasteiger partial charge in [-0.1, -0.05) is 31.0 Å². The molecule has 32 heavy (non-hydrogen) atoms. The van der Waals surface area contributed by atoms with Crippen molar-refractivity contribution >= 4 is 40.5 Å². The van der Waals surface area contributed by atoms with Gasteiger partial charge in [0.25, 0.3) is 0 Å². The first-order chi connectivity index (χ1) is 15.5. The molecule has 3 atom stereocenters. The summed E-state index contributed by atoms with van der Waals surface area (Å²) in [6, 6.07) is 16.2. The average molecular weight is 453 g/mol. The fourth-order valence-corrected chi connectivity index (χ4v) is 4.88. The summed E-state index contributed by atoms with van der Waals surface area (Å²) in [5.74, 6) is 0.314. The number of nitrogens with zero attached hydrogens (tertiary/aromatic N) is 1. The van der Waals surface area contributed by atoms with Crippen LogP contribution in [0.15, 0.2) is 54.6 Å². The lowest BCUT2D eigenvalue weighted by Gasteiger charge is -2.49. The van der Waals surface area contributed by atoms with E-state index in [4.69, 9.17) is 17.0 Å². The number of amides is 2. The Hall–Kier alpha value is -3.13. The van der Waals surface area contributed by atoms with Crippen molar-refractivity contribution in [2.24, 2.45) is 0 Å².